The summed E-state index contributed by atoms with van der Waals surface area (Å²) >= 11 is 6.40. The topological polar surface area (TPSA) is 65.2 Å². The Morgan fingerprint density at radius 2 is 1.66 bits per heavy atom. The Morgan fingerprint density at radius 3 is 2.34 bits per heavy atom. The van der Waals surface area contributed by atoms with Gasteiger partial charge in [0.2, 0.25) is 11.2 Å². The maximum atomic E-state index is 13.4. The fraction of sp³-hybridized carbons (Fsp3) is 0.174. The van der Waals surface area contributed by atoms with E-state index in [0.717, 1.165) is 22.5 Å². The zero-order valence-corrected chi connectivity index (χ0v) is 17.3. The number of hydrogen-bond acceptors (Lipinski definition) is 5. The quantitative estimate of drug-likeness (QED) is 0.422. The first-order chi connectivity index (χ1) is 13.8. The van der Waals surface area contributed by atoms with Crippen molar-refractivity contribution in [2.24, 2.45) is 0 Å². The van der Waals surface area contributed by atoms with Crippen molar-refractivity contribution in [3.8, 4) is 23.1 Å². The fourth-order valence-electron chi connectivity index (χ4n) is 3.38. The minimum Gasteiger partial charge on any atom is -0.452 e. The number of aromatic nitrogens is 2. The van der Waals surface area contributed by atoms with Gasteiger partial charge in [0.25, 0.3) is 0 Å². The molecule has 4 rings (SSSR count). The maximum Gasteiger partial charge on any atom is 0.322 e. The molecule has 0 spiro atoms. The van der Waals surface area contributed by atoms with Crippen LogP contribution in [0.15, 0.2) is 51.7 Å². The van der Waals surface area contributed by atoms with Crippen molar-refractivity contribution in [3.05, 3.63) is 80.2 Å². The predicted octanol–water partition coefficient (Wildman–Crippen LogP) is 5.93. The van der Waals surface area contributed by atoms with Gasteiger partial charge >= 0.3 is 6.01 Å². The minimum absolute atomic E-state index is 0.0144. The van der Waals surface area contributed by atoms with E-state index in [0.29, 0.717) is 21.6 Å². The summed E-state index contributed by atoms with van der Waals surface area (Å²) in [6.07, 6.45) is 0. The van der Waals surface area contributed by atoms with Gasteiger partial charge in [-0.05, 0) is 63.1 Å². The molecule has 0 atom stereocenters. The van der Waals surface area contributed by atoms with Gasteiger partial charge in [0, 0.05) is 17.0 Å². The third-order valence-corrected chi connectivity index (χ3v) is 4.88. The van der Waals surface area contributed by atoms with Crippen LogP contribution in [0.4, 0.5) is 0 Å². The third-order valence-electron chi connectivity index (χ3n) is 4.55. The molecule has 4 aromatic rings. The summed E-state index contributed by atoms with van der Waals surface area (Å²) in [6, 6.07) is 12.8. The monoisotopic (exact) mass is 406 g/mol. The number of rotatable bonds is 3. The number of nitrogens with zero attached hydrogens (tertiary/aromatic N) is 2. The Bertz CT molecular complexity index is 1290. The lowest BCUT2D eigenvalue weighted by Gasteiger charge is -2.13. The summed E-state index contributed by atoms with van der Waals surface area (Å²) in [5, 5.41) is 0.892. The predicted molar refractivity (Wildman–Crippen MR) is 114 cm³/mol. The van der Waals surface area contributed by atoms with Crippen molar-refractivity contribution in [2.75, 3.05) is 0 Å². The number of halogens is 1. The SMILES string of the molecule is Cc1cc(C)c2oc(-c3ccccc3Cl)c(Oc3nc(C)cc(C)n3)c(=O)c2c1. The van der Waals surface area contributed by atoms with Crippen molar-refractivity contribution in [1.29, 1.82) is 0 Å². The van der Waals surface area contributed by atoms with Crippen molar-refractivity contribution in [3.63, 3.8) is 0 Å². The Kier molecular flexibility index (Phi) is 4.84. The van der Waals surface area contributed by atoms with Gasteiger partial charge in [-0.2, -0.15) is 0 Å². The average Bonchev–Trinajstić information content (AvgIpc) is 2.64. The molecule has 0 unspecified atom stereocenters. The van der Waals surface area contributed by atoms with E-state index in [-0.39, 0.29) is 22.9 Å². The van der Waals surface area contributed by atoms with E-state index in [4.69, 9.17) is 20.8 Å². The second-order valence-corrected chi connectivity index (χ2v) is 7.47. The molecule has 0 aliphatic heterocycles. The maximum absolute atomic E-state index is 13.4. The molecule has 29 heavy (non-hydrogen) atoms. The smallest absolute Gasteiger partial charge is 0.322 e. The standard InChI is InChI=1S/C23H19ClN2O3/c1-12-9-13(2)20-17(10-12)19(27)22(29-23-25-14(3)11-15(4)26-23)21(28-20)16-7-5-6-8-18(16)24/h5-11H,1-4H3. The lowest BCUT2D eigenvalue weighted by Crippen LogP contribution is -2.10. The van der Waals surface area contributed by atoms with E-state index < -0.39 is 0 Å². The van der Waals surface area contributed by atoms with Crippen LogP contribution in [-0.2, 0) is 0 Å². The molecule has 2 heterocycles. The Hall–Kier alpha value is -3.18. The summed E-state index contributed by atoms with van der Waals surface area (Å²) in [4.78, 5) is 22.0. The van der Waals surface area contributed by atoms with Gasteiger partial charge in [-0.1, -0.05) is 29.8 Å². The molecule has 0 radical (unpaired) electrons. The zero-order valence-electron chi connectivity index (χ0n) is 16.5. The highest BCUT2D eigenvalue weighted by Crippen LogP contribution is 2.37. The second-order valence-electron chi connectivity index (χ2n) is 7.06. The zero-order chi connectivity index (χ0) is 20.7. The number of aryl methyl sites for hydroxylation is 4. The molecule has 5 nitrogen and oxygen atoms in total. The molecule has 0 amide bonds. The van der Waals surface area contributed by atoms with Gasteiger partial charge < -0.3 is 9.15 Å². The molecule has 2 aromatic heterocycles. The van der Waals surface area contributed by atoms with Crippen LogP contribution in [0.3, 0.4) is 0 Å². The molecular formula is C23H19ClN2O3. The number of benzene rings is 2. The molecule has 0 fully saturated rings. The van der Waals surface area contributed by atoms with Crippen molar-refractivity contribution < 1.29 is 9.15 Å². The van der Waals surface area contributed by atoms with Crippen LogP contribution in [0.2, 0.25) is 5.02 Å². The summed E-state index contributed by atoms with van der Waals surface area (Å²) in [7, 11) is 0. The lowest BCUT2D eigenvalue weighted by molar-refractivity contribution is 0.421. The van der Waals surface area contributed by atoms with Gasteiger partial charge in [0.05, 0.1) is 10.4 Å². The normalized spacial score (nSPS) is 11.1. The first kappa shape index (κ1) is 19.2. The highest BCUT2D eigenvalue weighted by Gasteiger charge is 2.22. The molecule has 0 saturated carbocycles. The molecule has 0 saturated heterocycles. The lowest BCUT2D eigenvalue weighted by atomic mass is 10.1. The van der Waals surface area contributed by atoms with Crippen molar-refractivity contribution >= 4 is 22.6 Å². The van der Waals surface area contributed by atoms with Crippen LogP contribution in [-0.4, -0.2) is 9.97 Å². The van der Waals surface area contributed by atoms with E-state index >= 15 is 0 Å². The fourth-order valence-corrected chi connectivity index (χ4v) is 3.60. The van der Waals surface area contributed by atoms with Gasteiger partial charge in [0.1, 0.15) is 5.58 Å². The summed E-state index contributed by atoms with van der Waals surface area (Å²) in [5.74, 6) is 0.267. The summed E-state index contributed by atoms with van der Waals surface area (Å²) in [5.41, 5.74) is 4.07. The highest BCUT2D eigenvalue weighted by atomic mass is 35.5. The van der Waals surface area contributed by atoms with Crippen LogP contribution in [0.1, 0.15) is 22.5 Å². The Balaban J connectivity index is 2.05. The van der Waals surface area contributed by atoms with Gasteiger partial charge in [0.15, 0.2) is 5.76 Å². The van der Waals surface area contributed by atoms with Gasteiger partial charge in [-0.25, -0.2) is 9.97 Å². The van der Waals surface area contributed by atoms with Crippen LogP contribution in [0, 0.1) is 27.7 Å². The molecule has 146 valence electrons. The minimum atomic E-state index is -0.296. The van der Waals surface area contributed by atoms with E-state index in [9.17, 15) is 4.79 Å². The van der Waals surface area contributed by atoms with Crippen LogP contribution >= 0.6 is 11.6 Å². The van der Waals surface area contributed by atoms with E-state index in [1.165, 1.54) is 0 Å². The van der Waals surface area contributed by atoms with Gasteiger partial charge in [-0.3, -0.25) is 4.79 Å². The number of fused-ring (bicyclic) bond motifs is 1. The summed E-state index contributed by atoms with van der Waals surface area (Å²) < 4.78 is 12.1. The van der Waals surface area contributed by atoms with Crippen LogP contribution < -0.4 is 10.2 Å². The van der Waals surface area contributed by atoms with E-state index in [2.05, 4.69) is 9.97 Å². The molecule has 0 bridgehead atoms. The third kappa shape index (κ3) is 3.61. The van der Waals surface area contributed by atoms with Crippen LogP contribution in [0.25, 0.3) is 22.3 Å². The second kappa shape index (κ2) is 7.33. The summed E-state index contributed by atoms with van der Waals surface area (Å²) in [6.45, 7) is 7.52. The Labute approximate surface area is 173 Å². The number of hydrogen-bond donors (Lipinski definition) is 0. The van der Waals surface area contributed by atoms with E-state index in [1.54, 1.807) is 18.2 Å². The number of ether oxygens (including phenoxy) is 1. The van der Waals surface area contributed by atoms with E-state index in [1.807, 2.05) is 52.0 Å². The molecule has 0 aliphatic carbocycles. The molecule has 6 heteroatoms. The first-order valence-corrected chi connectivity index (χ1v) is 9.54. The average molecular weight is 407 g/mol. The first-order valence-electron chi connectivity index (χ1n) is 9.16. The van der Waals surface area contributed by atoms with Crippen molar-refractivity contribution in [2.45, 2.75) is 27.7 Å². The van der Waals surface area contributed by atoms with Gasteiger partial charge in [-0.15, -0.1) is 0 Å². The van der Waals surface area contributed by atoms with Crippen molar-refractivity contribution in [1.82, 2.24) is 9.97 Å². The molecular weight excluding hydrogens is 388 g/mol. The molecule has 2 aromatic carbocycles. The molecule has 0 aliphatic rings. The highest BCUT2D eigenvalue weighted by molar-refractivity contribution is 6.33. The largest absolute Gasteiger partial charge is 0.452 e. The Morgan fingerprint density at radius 1 is 0.966 bits per heavy atom. The van der Waals surface area contributed by atoms with Crippen LogP contribution in [0.5, 0.6) is 11.8 Å². The molecule has 0 N–H and O–H groups in total.